The number of rotatable bonds is 2. The average molecular weight is 579 g/mol. The van der Waals surface area contributed by atoms with Crippen LogP contribution in [0, 0.1) is 29.1 Å². The van der Waals surface area contributed by atoms with Crippen LogP contribution in [0.15, 0.2) is 69.5 Å². The van der Waals surface area contributed by atoms with Gasteiger partial charge in [-0.05, 0) is 86.5 Å². The first kappa shape index (κ1) is 26.6. The molecule has 2 fully saturated rings. The van der Waals surface area contributed by atoms with Crippen molar-refractivity contribution in [3.8, 4) is 0 Å². The van der Waals surface area contributed by atoms with Gasteiger partial charge in [-0.15, -0.1) is 0 Å². The van der Waals surface area contributed by atoms with Gasteiger partial charge < -0.3 is 20.1 Å². The Labute approximate surface area is 244 Å². The van der Waals surface area contributed by atoms with E-state index in [1.807, 2.05) is 21.6 Å². The van der Waals surface area contributed by atoms with E-state index in [0.717, 1.165) is 104 Å². The Morgan fingerprint density at radius 1 is 1.12 bits per heavy atom. The minimum atomic E-state index is -0.566. The Morgan fingerprint density at radius 3 is 2.90 bits per heavy atom. The van der Waals surface area contributed by atoms with E-state index in [4.69, 9.17) is 9.47 Å². The first-order valence-corrected chi connectivity index (χ1v) is 17.4. The second kappa shape index (κ2) is 10.5. The van der Waals surface area contributed by atoms with Gasteiger partial charge in [0.25, 0.3) is 0 Å². The fourth-order valence-corrected chi connectivity index (χ4v) is 10.5. The molecule has 40 heavy (non-hydrogen) atoms. The summed E-state index contributed by atoms with van der Waals surface area (Å²) >= 11 is 0. The minimum Gasteiger partial charge on any atom is -0.427 e. The number of fused-ring (bicyclic) bond motifs is 2. The molecule has 5 unspecified atom stereocenters. The predicted molar refractivity (Wildman–Crippen MR) is 159 cm³/mol. The Hall–Kier alpha value is -2.32. The predicted octanol–water partition coefficient (Wildman–Crippen LogP) is 6.43. The summed E-state index contributed by atoms with van der Waals surface area (Å²) in [6.07, 6.45) is 16.0. The summed E-state index contributed by atoms with van der Waals surface area (Å²) in [5.41, 5.74) is 4.72. The van der Waals surface area contributed by atoms with E-state index in [0.29, 0.717) is 11.8 Å². The normalized spacial score (nSPS) is 36.1. The van der Waals surface area contributed by atoms with Crippen molar-refractivity contribution in [1.82, 2.24) is 10.6 Å². The van der Waals surface area contributed by atoms with Crippen molar-refractivity contribution in [1.29, 1.82) is 0 Å². The van der Waals surface area contributed by atoms with Gasteiger partial charge in [0.2, 0.25) is 0 Å². The molecule has 212 valence electrons. The van der Waals surface area contributed by atoms with Gasteiger partial charge >= 0.3 is 11.9 Å². The lowest BCUT2D eigenvalue weighted by atomic mass is 9.44. The van der Waals surface area contributed by atoms with Crippen LogP contribution >= 0.6 is 21.6 Å². The summed E-state index contributed by atoms with van der Waals surface area (Å²) in [6, 6.07) is 0. The minimum absolute atomic E-state index is 0.0552. The van der Waals surface area contributed by atoms with E-state index in [-0.39, 0.29) is 23.8 Å². The van der Waals surface area contributed by atoms with Crippen molar-refractivity contribution in [2.24, 2.45) is 29.1 Å². The monoisotopic (exact) mass is 578 g/mol. The van der Waals surface area contributed by atoms with E-state index in [9.17, 15) is 9.59 Å². The molecule has 4 aliphatic carbocycles. The molecule has 1 saturated carbocycles. The Kier molecular flexibility index (Phi) is 6.98. The van der Waals surface area contributed by atoms with Crippen molar-refractivity contribution in [2.75, 3.05) is 18.2 Å². The molecule has 5 atom stereocenters. The lowest BCUT2D eigenvalue weighted by molar-refractivity contribution is -0.135. The fourth-order valence-electron chi connectivity index (χ4n) is 8.29. The maximum absolute atomic E-state index is 13.9. The third-order valence-corrected chi connectivity index (χ3v) is 12.3. The number of esters is 2. The molecule has 8 aliphatic rings. The third-order valence-electron chi connectivity index (χ3n) is 9.93. The van der Waals surface area contributed by atoms with Crippen molar-refractivity contribution >= 4 is 33.5 Å². The standard InChI is InChI=1S/C32H38N2O4S2/c1-3-4-5-24-22-8-7-21-20-10-12-32(28(21)27(22)30(35)37-24)25-9-6-18(2)16-39-40-17-34-26-15-19(11-13-33-26)14-23(20)29(32)31(36)38-25/h5,9,11,15,18,20-21,28,33-34H,3-4,6-8,10,12-14,16-17H2,1-2H3. The van der Waals surface area contributed by atoms with Crippen LogP contribution in [0.25, 0.3) is 0 Å². The molecule has 8 heteroatoms. The number of nitrogens with one attached hydrogen (secondary N) is 2. The molecule has 0 aromatic heterocycles. The Bertz CT molecular complexity index is 1340. The molecule has 2 N–H and O–H groups in total. The van der Waals surface area contributed by atoms with Gasteiger partial charge in [-0.3, -0.25) is 0 Å². The second-order valence-corrected chi connectivity index (χ2v) is 14.8. The SMILES string of the molecule is CCCC=C1OC(=O)C2=C1CCC1C3CCC4(C5=CCC(C)CSSCNC6=CC(=CCN6)CC3=C4C(=O)O5)C21. The lowest BCUT2D eigenvalue weighted by Gasteiger charge is -2.56. The van der Waals surface area contributed by atoms with Crippen molar-refractivity contribution in [3.63, 3.8) is 0 Å². The molecule has 4 heterocycles. The van der Waals surface area contributed by atoms with Crippen LogP contribution in [0.3, 0.4) is 0 Å². The van der Waals surface area contributed by atoms with Gasteiger partial charge in [-0.25, -0.2) is 9.59 Å². The molecule has 6 nitrogen and oxygen atoms in total. The molecular weight excluding hydrogens is 540 g/mol. The van der Waals surface area contributed by atoms with E-state index in [2.05, 4.69) is 48.8 Å². The summed E-state index contributed by atoms with van der Waals surface area (Å²) in [6.45, 7) is 5.18. The van der Waals surface area contributed by atoms with Crippen LogP contribution < -0.4 is 10.6 Å². The van der Waals surface area contributed by atoms with Crippen LogP contribution in [0.5, 0.6) is 0 Å². The van der Waals surface area contributed by atoms with Crippen molar-refractivity contribution in [2.45, 2.75) is 65.2 Å². The largest absolute Gasteiger partial charge is 0.427 e. The number of carbonyl (C=O) groups excluding carboxylic acids is 2. The van der Waals surface area contributed by atoms with Crippen LogP contribution in [-0.2, 0) is 19.1 Å². The average Bonchev–Trinajstić information content (AvgIpc) is 3.44. The second-order valence-electron chi connectivity index (χ2n) is 12.3. The Morgan fingerprint density at radius 2 is 2.02 bits per heavy atom. The summed E-state index contributed by atoms with van der Waals surface area (Å²) in [5, 5.41) is 7.00. The summed E-state index contributed by atoms with van der Waals surface area (Å²) in [5.74, 6) is 5.08. The van der Waals surface area contributed by atoms with Crippen molar-refractivity contribution < 1.29 is 19.1 Å². The number of unbranched alkanes of at least 4 members (excludes halogenated alkanes) is 1. The van der Waals surface area contributed by atoms with Gasteiger partial charge in [0.05, 0.1) is 22.7 Å². The number of hydrogen-bond acceptors (Lipinski definition) is 8. The molecule has 4 aliphatic heterocycles. The van der Waals surface area contributed by atoms with Crippen LogP contribution in [0.2, 0.25) is 0 Å². The van der Waals surface area contributed by atoms with E-state index < -0.39 is 5.41 Å². The van der Waals surface area contributed by atoms with Gasteiger partial charge in [0, 0.05) is 29.4 Å². The number of dihydropyridines is 1. The molecule has 7 bridgehead atoms. The van der Waals surface area contributed by atoms with Gasteiger partial charge in [-0.2, -0.15) is 0 Å². The molecular formula is C32H38N2O4S2. The summed E-state index contributed by atoms with van der Waals surface area (Å²) in [4.78, 5) is 27.5. The highest BCUT2D eigenvalue weighted by Crippen LogP contribution is 2.71. The van der Waals surface area contributed by atoms with E-state index >= 15 is 0 Å². The number of ether oxygens (including phenoxy) is 2. The van der Waals surface area contributed by atoms with Gasteiger partial charge in [-0.1, -0.05) is 53.5 Å². The number of allylic oxidation sites excluding steroid dienone is 7. The highest BCUT2D eigenvalue weighted by Gasteiger charge is 2.68. The maximum atomic E-state index is 13.9. The number of carbonyl (C=O) groups is 2. The van der Waals surface area contributed by atoms with E-state index in [1.165, 1.54) is 11.1 Å². The van der Waals surface area contributed by atoms with E-state index in [1.54, 1.807) is 0 Å². The first-order valence-electron chi connectivity index (χ1n) is 15.0. The van der Waals surface area contributed by atoms with Crippen LogP contribution in [0.4, 0.5) is 0 Å². The van der Waals surface area contributed by atoms with Crippen molar-refractivity contribution in [3.05, 3.63) is 69.5 Å². The van der Waals surface area contributed by atoms with Crippen LogP contribution in [0.1, 0.15) is 65.2 Å². The van der Waals surface area contributed by atoms with Gasteiger partial charge in [0.1, 0.15) is 11.5 Å². The highest BCUT2D eigenvalue weighted by atomic mass is 33.1. The summed E-state index contributed by atoms with van der Waals surface area (Å²) < 4.78 is 12.2. The molecule has 0 aromatic carbocycles. The third kappa shape index (κ3) is 4.15. The molecule has 0 radical (unpaired) electrons. The van der Waals surface area contributed by atoms with Gasteiger partial charge in [0.15, 0.2) is 0 Å². The number of cyclic esters (lactones) is 1. The Balaban J connectivity index is 1.40. The zero-order valence-corrected chi connectivity index (χ0v) is 25.0. The molecule has 0 aromatic rings. The topological polar surface area (TPSA) is 76.7 Å². The lowest BCUT2D eigenvalue weighted by Crippen LogP contribution is -2.52. The van der Waals surface area contributed by atoms with Crippen LogP contribution in [-0.4, -0.2) is 30.1 Å². The fraction of sp³-hybridized carbons (Fsp3) is 0.562. The highest BCUT2D eigenvalue weighted by molar-refractivity contribution is 8.76. The molecule has 1 spiro atoms. The zero-order valence-electron chi connectivity index (χ0n) is 23.3. The first-order chi connectivity index (χ1) is 19.5. The quantitative estimate of drug-likeness (QED) is 0.287. The molecule has 1 saturated heterocycles. The maximum Gasteiger partial charge on any atom is 0.340 e. The molecule has 0 amide bonds. The number of hydrogen-bond donors (Lipinski definition) is 2. The zero-order chi connectivity index (χ0) is 27.4. The smallest absolute Gasteiger partial charge is 0.340 e. The summed E-state index contributed by atoms with van der Waals surface area (Å²) in [7, 11) is 3.72. The molecule has 8 rings (SSSR count).